The highest BCUT2D eigenvalue weighted by molar-refractivity contribution is 6.31. The van der Waals surface area contributed by atoms with Crippen molar-refractivity contribution in [3.8, 4) is 11.5 Å². The summed E-state index contributed by atoms with van der Waals surface area (Å²) < 4.78 is 23.1. The number of carbonyl (C=O) groups excluding carboxylic acids is 1. The molecular weight excluding hydrogens is 223 g/mol. The lowest BCUT2D eigenvalue weighted by atomic mass is 10.1. The molecule has 0 aliphatic carbocycles. The lowest BCUT2D eigenvalue weighted by Crippen LogP contribution is -1.97. The van der Waals surface area contributed by atoms with Crippen molar-refractivity contribution in [3.05, 3.63) is 22.7 Å². The summed E-state index contributed by atoms with van der Waals surface area (Å²) in [5, 5.41) is 0.132. The van der Waals surface area contributed by atoms with E-state index in [1.165, 1.54) is 26.4 Å². The number of benzene rings is 1. The van der Waals surface area contributed by atoms with Crippen LogP contribution in [0.2, 0.25) is 5.02 Å². The van der Waals surface area contributed by atoms with Crippen molar-refractivity contribution in [2.75, 3.05) is 14.2 Å². The summed E-state index contributed by atoms with van der Waals surface area (Å²) in [6, 6.07) is 2.76. The maximum absolute atomic E-state index is 13.1. The third-order valence-electron chi connectivity index (χ3n) is 1.92. The van der Waals surface area contributed by atoms with E-state index in [9.17, 15) is 9.18 Å². The molecule has 0 N–H and O–H groups in total. The second-order valence-electron chi connectivity index (χ2n) is 2.77. The van der Waals surface area contributed by atoms with Crippen molar-refractivity contribution in [1.29, 1.82) is 0 Å². The molecule has 0 heterocycles. The summed E-state index contributed by atoms with van der Waals surface area (Å²) in [4.78, 5) is 10.3. The van der Waals surface area contributed by atoms with Gasteiger partial charge in [-0.05, 0) is 6.07 Å². The van der Waals surface area contributed by atoms with E-state index in [0.29, 0.717) is 11.5 Å². The second-order valence-corrected chi connectivity index (χ2v) is 3.17. The largest absolute Gasteiger partial charge is 0.493 e. The van der Waals surface area contributed by atoms with Crippen LogP contribution in [0.5, 0.6) is 11.5 Å². The number of carbonyl (C=O) groups is 1. The summed E-state index contributed by atoms with van der Waals surface area (Å²) in [7, 11) is 2.87. The Morgan fingerprint density at radius 1 is 1.33 bits per heavy atom. The van der Waals surface area contributed by atoms with Crippen LogP contribution in [0.3, 0.4) is 0 Å². The van der Waals surface area contributed by atoms with Gasteiger partial charge in [-0.1, -0.05) is 11.6 Å². The molecule has 1 atom stereocenters. The first-order valence-corrected chi connectivity index (χ1v) is 4.52. The molecule has 0 aliphatic heterocycles. The van der Waals surface area contributed by atoms with E-state index in [-0.39, 0.29) is 16.9 Å². The molecule has 0 bridgehead atoms. The van der Waals surface area contributed by atoms with Crippen LogP contribution in [-0.4, -0.2) is 20.5 Å². The van der Waals surface area contributed by atoms with Crippen LogP contribution in [0, 0.1) is 0 Å². The third-order valence-corrected chi connectivity index (χ3v) is 2.25. The number of aldehydes is 1. The van der Waals surface area contributed by atoms with Crippen molar-refractivity contribution in [2.45, 2.75) is 6.17 Å². The maximum Gasteiger partial charge on any atom is 0.182 e. The van der Waals surface area contributed by atoms with E-state index in [0.717, 1.165) is 0 Å². The van der Waals surface area contributed by atoms with Gasteiger partial charge in [0.25, 0.3) is 0 Å². The minimum absolute atomic E-state index is 0.0734. The predicted molar refractivity (Wildman–Crippen MR) is 54.5 cm³/mol. The number of ether oxygens (including phenoxy) is 2. The van der Waals surface area contributed by atoms with Gasteiger partial charge in [-0.2, -0.15) is 0 Å². The van der Waals surface area contributed by atoms with E-state index in [1.54, 1.807) is 0 Å². The predicted octanol–water partition coefficient (Wildman–Crippen LogP) is 2.57. The van der Waals surface area contributed by atoms with Crippen molar-refractivity contribution in [3.63, 3.8) is 0 Å². The zero-order valence-corrected chi connectivity index (χ0v) is 9.05. The number of hydrogen-bond acceptors (Lipinski definition) is 3. The Kier molecular flexibility index (Phi) is 3.91. The average molecular weight is 233 g/mol. The van der Waals surface area contributed by atoms with E-state index in [4.69, 9.17) is 21.1 Å². The lowest BCUT2D eigenvalue weighted by molar-refractivity contribution is -0.112. The molecule has 0 saturated heterocycles. The van der Waals surface area contributed by atoms with Crippen molar-refractivity contribution >= 4 is 17.9 Å². The van der Waals surface area contributed by atoms with Gasteiger partial charge in [-0.3, -0.25) is 4.79 Å². The Morgan fingerprint density at radius 2 is 1.87 bits per heavy atom. The van der Waals surface area contributed by atoms with Gasteiger partial charge in [0.15, 0.2) is 24.0 Å². The molecule has 0 aromatic heterocycles. The Labute approximate surface area is 91.7 Å². The molecular formula is C10H10ClFO3. The first kappa shape index (κ1) is 11.8. The van der Waals surface area contributed by atoms with Gasteiger partial charge in [0, 0.05) is 11.6 Å². The Hall–Kier alpha value is -1.29. The Bertz CT molecular complexity index is 368. The molecule has 1 rings (SSSR count). The number of alkyl halides is 1. The molecule has 0 saturated carbocycles. The molecule has 15 heavy (non-hydrogen) atoms. The molecule has 0 fully saturated rings. The lowest BCUT2D eigenvalue weighted by Gasteiger charge is -2.11. The van der Waals surface area contributed by atoms with Crippen LogP contribution in [0.4, 0.5) is 4.39 Å². The fraction of sp³-hybridized carbons (Fsp3) is 0.300. The average Bonchev–Trinajstić information content (AvgIpc) is 2.27. The molecule has 0 aliphatic rings. The molecule has 3 nitrogen and oxygen atoms in total. The minimum atomic E-state index is -1.75. The third kappa shape index (κ3) is 2.39. The highest BCUT2D eigenvalue weighted by Gasteiger charge is 2.16. The van der Waals surface area contributed by atoms with Gasteiger partial charge in [-0.15, -0.1) is 0 Å². The Morgan fingerprint density at radius 3 is 2.33 bits per heavy atom. The molecule has 5 heteroatoms. The van der Waals surface area contributed by atoms with Crippen molar-refractivity contribution in [2.24, 2.45) is 0 Å². The summed E-state index contributed by atoms with van der Waals surface area (Å²) >= 11 is 5.78. The molecule has 0 radical (unpaired) electrons. The minimum Gasteiger partial charge on any atom is -0.493 e. The van der Waals surface area contributed by atoms with Crippen LogP contribution in [-0.2, 0) is 4.79 Å². The monoisotopic (exact) mass is 232 g/mol. The molecule has 82 valence electrons. The van der Waals surface area contributed by atoms with Gasteiger partial charge in [0.2, 0.25) is 0 Å². The van der Waals surface area contributed by atoms with Crippen LogP contribution in [0.25, 0.3) is 0 Å². The number of halogens is 2. The fourth-order valence-corrected chi connectivity index (χ4v) is 1.41. The van der Waals surface area contributed by atoms with Crippen LogP contribution < -0.4 is 9.47 Å². The zero-order valence-electron chi connectivity index (χ0n) is 8.29. The zero-order chi connectivity index (χ0) is 11.4. The number of methoxy groups -OCH3 is 2. The summed E-state index contributed by atoms with van der Waals surface area (Å²) in [6.07, 6.45) is -1.58. The van der Waals surface area contributed by atoms with Crippen molar-refractivity contribution < 1.29 is 18.7 Å². The number of rotatable bonds is 4. The van der Waals surface area contributed by atoms with Gasteiger partial charge < -0.3 is 9.47 Å². The molecule has 1 aromatic rings. The highest BCUT2D eigenvalue weighted by atomic mass is 35.5. The van der Waals surface area contributed by atoms with Gasteiger partial charge in [0.05, 0.1) is 19.2 Å². The highest BCUT2D eigenvalue weighted by Crippen LogP contribution is 2.36. The van der Waals surface area contributed by atoms with Crippen LogP contribution in [0.1, 0.15) is 11.7 Å². The SMILES string of the molecule is COc1cc(Cl)c(C(F)C=O)cc1OC. The summed E-state index contributed by atoms with van der Waals surface area (Å²) in [6.45, 7) is 0. The van der Waals surface area contributed by atoms with Gasteiger partial charge >= 0.3 is 0 Å². The molecule has 1 aromatic carbocycles. The second kappa shape index (κ2) is 4.98. The van der Waals surface area contributed by atoms with E-state index in [1.807, 2.05) is 0 Å². The normalized spacial score (nSPS) is 12.0. The standard InChI is InChI=1S/C10H10ClFO3/c1-14-9-3-6(8(12)5-13)7(11)4-10(9)15-2/h3-5,8H,1-2H3. The quantitative estimate of drug-likeness (QED) is 0.749. The van der Waals surface area contributed by atoms with Crippen LogP contribution in [0.15, 0.2) is 12.1 Å². The van der Waals surface area contributed by atoms with E-state index < -0.39 is 6.17 Å². The van der Waals surface area contributed by atoms with Crippen LogP contribution >= 0.6 is 11.6 Å². The Balaban J connectivity index is 3.25. The summed E-state index contributed by atoms with van der Waals surface area (Å²) in [5.41, 5.74) is 0.0734. The summed E-state index contributed by atoms with van der Waals surface area (Å²) in [5.74, 6) is 0.728. The topological polar surface area (TPSA) is 35.5 Å². The van der Waals surface area contributed by atoms with Crippen molar-refractivity contribution in [1.82, 2.24) is 0 Å². The van der Waals surface area contributed by atoms with Gasteiger partial charge in [-0.25, -0.2) is 4.39 Å². The van der Waals surface area contributed by atoms with Gasteiger partial charge in [0.1, 0.15) is 0 Å². The number of hydrogen-bond donors (Lipinski definition) is 0. The smallest absolute Gasteiger partial charge is 0.182 e. The first-order valence-electron chi connectivity index (χ1n) is 4.14. The first-order chi connectivity index (χ1) is 7.13. The molecule has 1 unspecified atom stereocenters. The molecule has 0 amide bonds. The fourth-order valence-electron chi connectivity index (χ4n) is 1.15. The van der Waals surface area contributed by atoms with E-state index >= 15 is 0 Å². The van der Waals surface area contributed by atoms with E-state index in [2.05, 4.69) is 0 Å². The maximum atomic E-state index is 13.1. The molecule has 0 spiro atoms.